The molecule has 6 nitrogen and oxygen atoms in total. The minimum absolute atomic E-state index is 0.0176. The van der Waals surface area contributed by atoms with E-state index in [2.05, 4.69) is 15.0 Å². The predicted molar refractivity (Wildman–Crippen MR) is 89.3 cm³/mol. The van der Waals surface area contributed by atoms with E-state index in [0.29, 0.717) is 30.3 Å². The van der Waals surface area contributed by atoms with E-state index in [0.717, 1.165) is 12.1 Å². The Morgan fingerprint density at radius 2 is 2.00 bits per heavy atom. The molecule has 0 aliphatic carbocycles. The lowest BCUT2D eigenvalue weighted by atomic mass is 10.1. The van der Waals surface area contributed by atoms with Crippen molar-refractivity contribution in [1.82, 2.24) is 0 Å². The number of halogens is 3. The second-order valence-corrected chi connectivity index (χ2v) is 5.33. The molecule has 0 saturated carbocycles. The van der Waals surface area contributed by atoms with Crippen molar-refractivity contribution >= 4 is 23.2 Å². The number of carbonyl (C=O) groups excluding carboxylic acids is 1. The fourth-order valence-corrected chi connectivity index (χ4v) is 2.40. The highest BCUT2D eigenvalue weighted by Gasteiger charge is 2.31. The molecular weight excluding hydrogens is 351 g/mol. The number of benzene rings is 2. The number of aliphatic imine (C=N–C) groups is 1. The third-order valence-electron chi connectivity index (χ3n) is 3.49. The molecule has 3 rings (SSSR count). The lowest BCUT2D eigenvalue weighted by Gasteiger charge is -2.14. The molecule has 3 N–H and O–H groups in total. The van der Waals surface area contributed by atoms with Crippen molar-refractivity contribution in [2.24, 2.45) is 4.99 Å². The maximum absolute atomic E-state index is 12.5. The predicted octanol–water partition coefficient (Wildman–Crippen LogP) is 3.20. The fraction of sp³-hybridized carbons (Fsp3) is 0.176. The van der Waals surface area contributed by atoms with Crippen LogP contribution in [0, 0.1) is 0 Å². The molecule has 0 aromatic heterocycles. The van der Waals surface area contributed by atoms with Crippen molar-refractivity contribution in [3.05, 3.63) is 53.6 Å². The quantitative estimate of drug-likeness (QED) is 0.815. The highest BCUT2D eigenvalue weighted by Crippen LogP contribution is 2.27. The molecule has 1 aliphatic rings. The molecule has 2 aromatic carbocycles. The summed E-state index contributed by atoms with van der Waals surface area (Å²) >= 11 is 0. The van der Waals surface area contributed by atoms with E-state index in [1.807, 2.05) is 0 Å². The third-order valence-corrected chi connectivity index (χ3v) is 3.49. The van der Waals surface area contributed by atoms with Crippen molar-refractivity contribution in [3.8, 4) is 5.75 Å². The monoisotopic (exact) mass is 365 g/mol. The lowest BCUT2D eigenvalue weighted by Crippen LogP contribution is -2.19. The molecule has 9 heteroatoms. The Kier molecular flexibility index (Phi) is 4.70. The number of nitrogens with two attached hydrogens (primary N) is 1. The number of rotatable bonds is 4. The standard InChI is InChI=1S/C17H14F3N3O3/c18-17(19,20)26-10-5-6-13(21)12(9-10)15(24)23-14-4-2-1-3-11(14)16-22-7-8-25-16/h1-6,9H,7-8,21H2,(H,23,24). The molecule has 1 amide bonds. The number of hydrogen-bond donors (Lipinski definition) is 2. The number of amides is 1. The summed E-state index contributed by atoms with van der Waals surface area (Å²) in [4.78, 5) is 16.7. The molecule has 0 fully saturated rings. The number of nitrogens with one attached hydrogen (secondary N) is 1. The van der Waals surface area contributed by atoms with Gasteiger partial charge >= 0.3 is 6.36 Å². The molecule has 2 aromatic rings. The van der Waals surface area contributed by atoms with Gasteiger partial charge in [-0.1, -0.05) is 12.1 Å². The summed E-state index contributed by atoms with van der Waals surface area (Å²) in [6, 6.07) is 9.93. The van der Waals surface area contributed by atoms with Gasteiger partial charge in [-0.2, -0.15) is 0 Å². The van der Waals surface area contributed by atoms with Gasteiger partial charge in [-0.15, -0.1) is 13.2 Å². The maximum atomic E-state index is 12.5. The second kappa shape index (κ2) is 6.95. The Balaban J connectivity index is 1.86. The van der Waals surface area contributed by atoms with Crippen LogP contribution in [0.25, 0.3) is 0 Å². The van der Waals surface area contributed by atoms with Crippen molar-refractivity contribution in [3.63, 3.8) is 0 Å². The molecule has 0 saturated heterocycles. The van der Waals surface area contributed by atoms with Gasteiger partial charge in [-0.05, 0) is 30.3 Å². The highest BCUT2D eigenvalue weighted by atomic mass is 19.4. The average molecular weight is 365 g/mol. The Hall–Kier alpha value is -3.23. The van der Waals surface area contributed by atoms with E-state index in [9.17, 15) is 18.0 Å². The first-order chi connectivity index (χ1) is 12.3. The van der Waals surface area contributed by atoms with Gasteiger partial charge in [0.15, 0.2) is 0 Å². The molecule has 0 bridgehead atoms. The summed E-state index contributed by atoms with van der Waals surface area (Å²) in [7, 11) is 0. The van der Waals surface area contributed by atoms with Crippen LogP contribution < -0.4 is 15.8 Å². The van der Waals surface area contributed by atoms with E-state index in [1.165, 1.54) is 6.07 Å². The Labute approximate surface area is 146 Å². The molecule has 1 heterocycles. The highest BCUT2D eigenvalue weighted by molar-refractivity contribution is 6.11. The average Bonchev–Trinajstić information content (AvgIpc) is 3.10. The maximum Gasteiger partial charge on any atom is 0.573 e. The van der Waals surface area contributed by atoms with Gasteiger partial charge in [0.2, 0.25) is 5.90 Å². The minimum Gasteiger partial charge on any atom is -0.475 e. The molecule has 0 radical (unpaired) electrons. The molecule has 0 spiro atoms. The first-order valence-electron chi connectivity index (χ1n) is 7.57. The Morgan fingerprint density at radius 3 is 2.69 bits per heavy atom. The zero-order valence-corrected chi connectivity index (χ0v) is 13.3. The van der Waals surface area contributed by atoms with Crippen LogP contribution in [0.1, 0.15) is 15.9 Å². The normalized spacial score (nSPS) is 13.7. The van der Waals surface area contributed by atoms with Crippen molar-refractivity contribution in [2.75, 3.05) is 24.2 Å². The minimum atomic E-state index is -4.87. The summed E-state index contributed by atoms with van der Waals surface area (Å²) < 4.78 is 46.3. The van der Waals surface area contributed by atoms with E-state index in [1.54, 1.807) is 24.3 Å². The van der Waals surface area contributed by atoms with E-state index in [-0.39, 0.29) is 11.3 Å². The largest absolute Gasteiger partial charge is 0.573 e. The number of nitrogens with zero attached hydrogens (tertiary/aromatic N) is 1. The van der Waals surface area contributed by atoms with Crippen LogP contribution in [0.3, 0.4) is 0 Å². The van der Waals surface area contributed by atoms with Gasteiger partial charge in [-0.25, -0.2) is 4.99 Å². The number of anilines is 2. The summed E-state index contributed by atoms with van der Waals surface area (Å²) in [5.41, 5.74) is 6.57. The molecule has 1 aliphatic heterocycles. The molecule has 0 atom stereocenters. The zero-order valence-electron chi connectivity index (χ0n) is 13.3. The first-order valence-corrected chi connectivity index (χ1v) is 7.57. The zero-order chi connectivity index (χ0) is 18.7. The van der Waals surface area contributed by atoms with Gasteiger partial charge in [0, 0.05) is 5.69 Å². The molecule has 136 valence electrons. The summed E-state index contributed by atoms with van der Waals surface area (Å²) in [6.07, 6.45) is -4.87. The second-order valence-electron chi connectivity index (χ2n) is 5.33. The van der Waals surface area contributed by atoms with E-state index >= 15 is 0 Å². The van der Waals surface area contributed by atoms with Crippen molar-refractivity contribution in [2.45, 2.75) is 6.36 Å². The third kappa shape index (κ3) is 4.05. The number of alkyl halides is 3. The van der Waals surface area contributed by atoms with Crippen LogP contribution >= 0.6 is 0 Å². The fourth-order valence-electron chi connectivity index (χ4n) is 2.40. The number of carbonyl (C=O) groups is 1. The van der Waals surface area contributed by atoms with Gasteiger partial charge in [-0.3, -0.25) is 4.79 Å². The van der Waals surface area contributed by atoms with Gasteiger partial charge < -0.3 is 20.5 Å². The van der Waals surface area contributed by atoms with Crippen LogP contribution in [-0.4, -0.2) is 31.3 Å². The van der Waals surface area contributed by atoms with Crippen molar-refractivity contribution in [1.29, 1.82) is 0 Å². The number of nitrogen functional groups attached to an aromatic ring is 1. The van der Waals surface area contributed by atoms with Gasteiger partial charge in [0.05, 0.1) is 23.4 Å². The van der Waals surface area contributed by atoms with Crippen LogP contribution in [0.2, 0.25) is 0 Å². The van der Waals surface area contributed by atoms with Crippen LogP contribution in [-0.2, 0) is 4.74 Å². The molecule has 0 unspecified atom stereocenters. The molecular formula is C17H14F3N3O3. The Morgan fingerprint density at radius 1 is 1.23 bits per heavy atom. The number of para-hydroxylation sites is 1. The summed E-state index contributed by atoms with van der Waals surface area (Å²) in [6.45, 7) is 0.961. The number of ether oxygens (including phenoxy) is 2. The lowest BCUT2D eigenvalue weighted by molar-refractivity contribution is -0.274. The van der Waals surface area contributed by atoms with Crippen LogP contribution in [0.5, 0.6) is 5.75 Å². The van der Waals surface area contributed by atoms with Crippen molar-refractivity contribution < 1.29 is 27.4 Å². The smallest absolute Gasteiger partial charge is 0.475 e. The Bertz CT molecular complexity index is 866. The molecule has 26 heavy (non-hydrogen) atoms. The van der Waals surface area contributed by atoms with E-state index in [4.69, 9.17) is 10.5 Å². The van der Waals surface area contributed by atoms with Gasteiger partial charge in [0.25, 0.3) is 5.91 Å². The van der Waals surface area contributed by atoms with E-state index < -0.39 is 18.0 Å². The number of hydrogen-bond acceptors (Lipinski definition) is 5. The van der Waals surface area contributed by atoms with Gasteiger partial charge in [0.1, 0.15) is 12.4 Å². The van der Waals surface area contributed by atoms with Crippen LogP contribution in [0.4, 0.5) is 24.5 Å². The topological polar surface area (TPSA) is 85.9 Å². The SMILES string of the molecule is Nc1ccc(OC(F)(F)F)cc1C(=O)Nc1ccccc1C1=NCCO1. The summed E-state index contributed by atoms with van der Waals surface area (Å²) in [5.74, 6) is -0.821. The van der Waals surface area contributed by atoms with Crippen LogP contribution in [0.15, 0.2) is 47.5 Å². The summed E-state index contributed by atoms with van der Waals surface area (Å²) in [5, 5.41) is 2.62. The first kappa shape index (κ1) is 17.6.